The van der Waals surface area contributed by atoms with Crippen molar-refractivity contribution in [1.82, 2.24) is 8.61 Å². The second-order valence-electron chi connectivity index (χ2n) is 4.96. The molecule has 0 aliphatic carbocycles. The lowest BCUT2D eigenvalue weighted by Crippen LogP contribution is -2.46. The van der Waals surface area contributed by atoms with Crippen molar-refractivity contribution in [1.29, 1.82) is 0 Å². The van der Waals surface area contributed by atoms with Gasteiger partial charge >= 0.3 is 0 Å². The van der Waals surface area contributed by atoms with E-state index in [9.17, 15) is 8.42 Å². The Morgan fingerprint density at radius 2 is 2.12 bits per heavy atom. The third-order valence-electron chi connectivity index (χ3n) is 3.45. The monoisotopic (exact) mass is 263 g/mol. The minimum atomic E-state index is -3.29. The molecule has 0 aromatic carbocycles. The van der Waals surface area contributed by atoms with Gasteiger partial charge in [0.15, 0.2) is 0 Å². The van der Waals surface area contributed by atoms with Crippen LogP contribution >= 0.6 is 0 Å². The SMILES string of the molecule is CC(C)N(C)S(=O)(=O)N1CCCC1CCCN. The molecule has 0 aromatic heterocycles. The van der Waals surface area contributed by atoms with Crippen LogP contribution in [-0.4, -0.2) is 49.2 Å². The first-order chi connectivity index (χ1) is 7.91. The van der Waals surface area contributed by atoms with E-state index in [0.717, 1.165) is 25.7 Å². The summed E-state index contributed by atoms with van der Waals surface area (Å²) in [5.41, 5.74) is 5.49. The van der Waals surface area contributed by atoms with Crippen molar-refractivity contribution in [3.63, 3.8) is 0 Å². The standard InChI is InChI=1S/C11H25N3O2S/c1-10(2)13(3)17(15,16)14-9-5-7-11(14)6-4-8-12/h10-11H,4-9,12H2,1-3H3. The zero-order valence-corrected chi connectivity index (χ0v) is 11.9. The molecular formula is C11H25N3O2S. The smallest absolute Gasteiger partial charge is 0.282 e. The second-order valence-corrected chi connectivity index (χ2v) is 6.90. The van der Waals surface area contributed by atoms with Crippen LogP contribution in [0.4, 0.5) is 0 Å². The van der Waals surface area contributed by atoms with Gasteiger partial charge in [0, 0.05) is 25.7 Å². The quantitative estimate of drug-likeness (QED) is 0.770. The Morgan fingerprint density at radius 3 is 2.65 bits per heavy atom. The molecule has 1 rings (SSSR count). The molecule has 0 amide bonds. The predicted molar refractivity (Wildman–Crippen MR) is 69.8 cm³/mol. The Kier molecular flexibility index (Phi) is 5.37. The van der Waals surface area contributed by atoms with Crippen molar-refractivity contribution < 1.29 is 8.42 Å². The lowest BCUT2D eigenvalue weighted by atomic mass is 10.1. The molecule has 1 fully saturated rings. The molecule has 1 aliphatic heterocycles. The van der Waals surface area contributed by atoms with Crippen molar-refractivity contribution in [2.75, 3.05) is 20.1 Å². The summed E-state index contributed by atoms with van der Waals surface area (Å²) in [6.07, 6.45) is 3.69. The number of hydrogen-bond donors (Lipinski definition) is 1. The van der Waals surface area contributed by atoms with Gasteiger partial charge in [-0.15, -0.1) is 0 Å². The van der Waals surface area contributed by atoms with Crippen molar-refractivity contribution in [2.24, 2.45) is 5.73 Å². The van der Waals surface area contributed by atoms with E-state index in [1.165, 1.54) is 4.31 Å². The first kappa shape index (κ1) is 14.9. The van der Waals surface area contributed by atoms with E-state index in [4.69, 9.17) is 5.73 Å². The normalized spacial score (nSPS) is 22.8. The van der Waals surface area contributed by atoms with E-state index in [1.807, 2.05) is 13.8 Å². The summed E-state index contributed by atoms with van der Waals surface area (Å²) in [5, 5.41) is 0. The Hall–Kier alpha value is -0.170. The average molecular weight is 263 g/mol. The van der Waals surface area contributed by atoms with Crippen molar-refractivity contribution in [3.05, 3.63) is 0 Å². The highest BCUT2D eigenvalue weighted by Crippen LogP contribution is 2.26. The largest absolute Gasteiger partial charge is 0.330 e. The van der Waals surface area contributed by atoms with Crippen LogP contribution in [0.15, 0.2) is 0 Å². The van der Waals surface area contributed by atoms with Crippen molar-refractivity contribution >= 4 is 10.2 Å². The van der Waals surface area contributed by atoms with E-state index < -0.39 is 10.2 Å². The fourth-order valence-electron chi connectivity index (χ4n) is 2.19. The van der Waals surface area contributed by atoms with Gasteiger partial charge in [0.2, 0.25) is 0 Å². The van der Waals surface area contributed by atoms with E-state index in [2.05, 4.69) is 0 Å². The number of nitrogens with two attached hydrogens (primary N) is 1. The number of rotatable bonds is 6. The fourth-order valence-corrected chi connectivity index (χ4v) is 4.00. The van der Waals surface area contributed by atoms with Gasteiger partial charge < -0.3 is 5.73 Å². The molecule has 1 unspecified atom stereocenters. The minimum absolute atomic E-state index is 0.00393. The highest BCUT2D eigenvalue weighted by Gasteiger charge is 2.36. The number of hydrogen-bond acceptors (Lipinski definition) is 3. The van der Waals surface area contributed by atoms with Crippen molar-refractivity contribution in [2.45, 2.75) is 51.6 Å². The van der Waals surface area contributed by atoms with E-state index in [0.29, 0.717) is 13.1 Å². The van der Waals surface area contributed by atoms with Crippen LogP contribution in [-0.2, 0) is 10.2 Å². The van der Waals surface area contributed by atoms with Crippen LogP contribution in [0, 0.1) is 0 Å². The van der Waals surface area contributed by atoms with Crippen LogP contribution in [0.25, 0.3) is 0 Å². The predicted octanol–water partition coefficient (Wildman–Crippen LogP) is 0.775. The molecule has 2 N–H and O–H groups in total. The van der Waals surface area contributed by atoms with E-state index in [-0.39, 0.29) is 12.1 Å². The molecule has 1 atom stereocenters. The summed E-state index contributed by atoms with van der Waals surface area (Å²) >= 11 is 0. The van der Waals surface area contributed by atoms with Gasteiger partial charge in [0.1, 0.15) is 0 Å². The van der Waals surface area contributed by atoms with Crippen LogP contribution in [0.1, 0.15) is 39.5 Å². The Bertz CT molecular complexity index is 330. The lowest BCUT2D eigenvalue weighted by molar-refractivity contribution is 0.312. The maximum absolute atomic E-state index is 12.4. The van der Waals surface area contributed by atoms with Gasteiger partial charge in [0.05, 0.1) is 0 Å². The zero-order chi connectivity index (χ0) is 13.1. The molecule has 102 valence electrons. The van der Waals surface area contributed by atoms with Crippen LogP contribution in [0.2, 0.25) is 0 Å². The molecule has 0 aromatic rings. The molecule has 0 bridgehead atoms. The van der Waals surface area contributed by atoms with Gasteiger partial charge in [0.25, 0.3) is 10.2 Å². The Balaban J connectivity index is 2.76. The summed E-state index contributed by atoms with van der Waals surface area (Å²) < 4.78 is 27.8. The van der Waals surface area contributed by atoms with Crippen LogP contribution in [0.5, 0.6) is 0 Å². The Morgan fingerprint density at radius 1 is 1.47 bits per heavy atom. The molecular weight excluding hydrogens is 238 g/mol. The molecule has 0 saturated carbocycles. The fraction of sp³-hybridized carbons (Fsp3) is 1.00. The first-order valence-electron chi connectivity index (χ1n) is 6.36. The zero-order valence-electron chi connectivity index (χ0n) is 11.1. The Labute approximate surface area is 105 Å². The first-order valence-corrected chi connectivity index (χ1v) is 7.75. The van der Waals surface area contributed by atoms with Gasteiger partial charge in [-0.1, -0.05) is 0 Å². The topological polar surface area (TPSA) is 66.6 Å². The summed E-state index contributed by atoms with van der Waals surface area (Å²) in [5.74, 6) is 0. The summed E-state index contributed by atoms with van der Waals surface area (Å²) in [6.45, 7) is 5.06. The average Bonchev–Trinajstić information content (AvgIpc) is 2.73. The molecule has 1 saturated heterocycles. The molecule has 17 heavy (non-hydrogen) atoms. The number of nitrogens with zero attached hydrogens (tertiary/aromatic N) is 2. The second kappa shape index (κ2) is 6.13. The van der Waals surface area contributed by atoms with E-state index >= 15 is 0 Å². The molecule has 5 nitrogen and oxygen atoms in total. The molecule has 0 spiro atoms. The minimum Gasteiger partial charge on any atom is -0.330 e. The van der Waals surface area contributed by atoms with Crippen molar-refractivity contribution in [3.8, 4) is 0 Å². The van der Waals surface area contributed by atoms with Gasteiger partial charge in [-0.05, 0) is 46.1 Å². The summed E-state index contributed by atoms with van der Waals surface area (Å²) in [4.78, 5) is 0. The lowest BCUT2D eigenvalue weighted by Gasteiger charge is -2.30. The molecule has 1 aliphatic rings. The van der Waals surface area contributed by atoms with Gasteiger partial charge in [-0.3, -0.25) is 0 Å². The maximum atomic E-state index is 12.4. The summed E-state index contributed by atoms with van der Waals surface area (Å²) in [7, 11) is -1.64. The third-order valence-corrected chi connectivity index (χ3v) is 5.67. The van der Waals surface area contributed by atoms with Crippen LogP contribution < -0.4 is 5.73 Å². The molecule has 1 heterocycles. The highest BCUT2D eigenvalue weighted by molar-refractivity contribution is 7.86. The van der Waals surface area contributed by atoms with Crippen LogP contribution in [0.3, 0.4) is 0 Å². The molecule has 6 heteroatoms. The highest BCUT2D eigenvalue weighted by atomic mass is 32.2. The maximum Gasteiger partial charge on any atom is 0.282 e. The summed E-state index contributed by atoms with van der Waals surface area (Å²) in [6, 6.07) is 0.139. The third kappa shape index (κ3) is 3.40. The van der Waals surface area contributed by atoms with Gasteiger partial charge in [-0.25, -0.2) is 0 Å². The van der Waals surface area contributed by atoms with E-state index in [1.54, 1.807) is 11.4 Å². The molecule has 0 radical (unpaired) electrons. The van der Waals surface area contributed by atoms with Gasteiger partial charge in [-0.2, -0.15) is 17.0 Å².